The first-order valence-electron chi connectivity index (χ1n) is 8.07. The van der Waals surface area contributed by atoms with Gasteiger partial charge in [-0.25, -0.2) is 9.78 Å². The van der Waals surface area contributed by atoms with E-state index in [1.54, 1.807) is 5.38 Å². The number of ether oxygens (including phenoxy) is 2. The Morgan fingerprint density at radius 3 is 2.74 bits per heavy atom. The van der Waals surface area contributed by atoms with Crippen LogP contribution < -0.4 is 4.74 Å². The Hall–Kier alpha value is -1.88. The van der Waals surface area contributed by atoms with Crippen LogP contribution in [0.1, 0.15) is 43.6 Å². The Morgan fingerprint density at radius 2 is 2.09 bits per heavy atom. The van der Waals surface area contributed by atoms with Crippen molar-refractivity contribution in [1.82, 2.24) is 4.98 Å². The quantitative estimate of drug-likeness (QED) is 0.754. The van der Waals surface area contributed by atoms with Gasteiger partial charge in [0.05, 0.1) is 6.61 Å². The number of hydrogen-bond donors (Lipinski definition) is 0. The summed E-state index contributed by atoms with van der Waals surface area (Å²) in [6.45, 7) is 4.74. The number of rotatable bonds is 5. The fourth-order valence-corrected chi connectivity index (χ4v) is 3.64. The van der Waals surface area contributed by atoms with Gasteiger partial charge in [-0.15, -0.1) is 11.3 Å². The van der Waals surface area contributed by atoms with Crippen LogP contribution in [-0.2, 0) is 4.74 Å². The van der Waals surface area contributed by atoms with Crippen LogP contribution in [0.5, 0.6) is 5.75 Å². The molecule has 1 fully saturated rings. The van der Waals surface area contributed by atoms with E-state index >= 15 is 0 Å². The highest BCUT2D eigenvalue weighted by Crippen LogP contribution is 2.30. The minimum atomic E-state index is -0.308. The van der Waals surface area contributed by atoms with Crippen LogP contribution in [0.4, 0.5) is 0 Å². The molecule has 4 nitrogen and oxygen atoms in total. The lowest BCUT2D eigenvalue weighted by Gasteiger charge is -2.15. The monoisotopic (exact) mass is 331 g/mol. The lowest BCUT2D eigenvalue weighted by atomic mass is 10.1. The summed E-state index contributed by atoms with van der Waals surface area (Å²) in [7, 11) is 0. The van der Waals surface area contributed by atoms with Crippen LogP contribution >= 0.6 is 11.3 Å². The van der Waals surface area contributed by atoms with Gasteiger partial charge in [0.15, 0.2) is 5.69 Å². The van der Waals surface area contributed by atoms with E-state index in [0.29, 0.717) is 18.2 Å². The van der Waals surface area contributed by atoms with Gasteiger partial charge in [0.2, 0.25) is 0 Å². The summed E-state index contributed by atoms with van der Waals surface area (Å²) in [5.74, 6) is 0.975. The van der Waals surface area contributed by atoms with Crippen molar-refractivity contribution in [3.05, 3.63) is 35.3 Å². The van der Waals surface area contributed by atoms with Crippen LogP contribution in [-0.4, -0.2) is 23.7 Å². The van der Waals surface area contributed by atoms with Gasteiger partial charge in [0.25, 0.3) is 0 Å². The number of carbonyl (C=O) groups excluding carboxylic acids is 1. The van der Waals surface area contributed by atoms with E-state index in [1.165, 1.54) is 11.3 Å². The molecule has 0 N–H and O–H groups in total. The van der Waals surface area contributed by atoms with Crippen molar-refractivity contribution in [2.45, 2.75) is 39.2 Å². The van der Waals surface area contributed by atoms with Crippen LogP contribution in [0, 0.1) is 5.92 Å². The molecule has 1 aromatic heterocycles. The summed E-state index contributed by atoms with van der Waals surface area (Å²) in [4.78, 5) is 16.7. The zero-order valence-corrected chi connectivity index (χ0v) is 14.3. The molecule has 1 heterocycles. The number of carbonyl (C=O) groups is 1. The van der Waals surface area contributed by atoms with Crippen molar-refractivity contribution in [3.8, 4) is 16.3 Å². The Labute approximate surface area is 140 Å². The van der Waals surface area contributed by atoms with Crippen molar-refractivity contribution in [2.24, 2.45) is 5.92 Å². The van der Waals surface area contributed by atoms with E-state index in [0.717, 1.165) is 35.6 Å². The van der Waals surface area contributed by atoms with Gasteiger partial charge in [-0.3, -0.25) is 0 Å². The Morgan fingerprint density at radius 1 is 1.30 bits per heavy atom. The molecule has 0 spiro atoms. The molecule has 0 radical (unpaired) electrons. The topological polar surface area (TPSA) is 48.4 Å². The van der Waals surface area contributed by atoms with E-state index in [4.69, 9.17) is 9.47 Å². The number of aromatic nitrogens is 1. The molecule has 1 unspecified atom stereocenters. The molecular weight excluding hydrogens is 310 g/mol. The average molecular weight is 331 g/mol. The predicted molar refractivity (Wildman–Crippen MR) is 90.9 cm³/mol. The van der Waals surface area contributed by atoms with E-state index in [-0.39, 0.29) is 12.1 Å². The molecule has 122 valence electrons. The largest absolute Gasteiger partial charge is 0.494 e. The van der Waals surface area contributed by atoms with E-state index in [1.807, 2.05) is 31.2 Å². The third-order valence-corrected chi connectivity index (χ3v) is 5.06. The Balaban J connectivity index is 1.68. The maximum Gasteiger partial charge on any atom is 0.358 e. The first-order valence-corrected chi connectivity index (χ1v) is 8.95. The summed E-state index contributed by atoms with van der Waals surface area (Å²) in [6, 6.07) is 7.74. The van der Waals surface area contributed by atoms with Crippen LogP contribution in [0.15, 0.2) is 29.6 Å². The molecule has 23 heavy (non-hydrogen) atoms. The summed E-state index contributed by atoms with van der Waals surface area (Å²) >= 11 is 1.46. The van der Waals surface area contributed by atoms with Gasteiger partial charge in [-0.05, 0) is 56.4 Å². The third-order valence-electron chi connectivity index (χ3n) is 4.17. The molecule has 0 saturated heterocycles. The Kier molecular flexibility index (Phi) is 4.96. The van der Waals surface area contributed by atoms with Crippen LogP contribution in [0.3, 0.4) is 0 Å². The lowest BCUT2D eigenvalue weighted by Crippen LogP contribution is -2.20. The molecule has 2 atom stereocenters. The molecule has 1 aliphatic carbocycles. The summed E-state index contributed by atoms with van der Waals surface area (Å²) in [5, 5.41) is 2.59. The number of benzene rings is 1. The predicted octanol–water partition coefficient (Wildman–Crippen LogP) is 4.55. The highest BCUT2D eigenvalue weighted by atomic mass is 32.1. The normalized spacial score (nSPS) is 20.4. The first kappa shape index (κ1) is 16.0. The first-order chi connectivity index (χ1) is 11.2. The Bertz CT molecular complexity index is 665. The van der Waals surface area contributed by atoms with Crippen molar-refractivity contribution in [2.75, 3.05) is 6.61 Å². The zero-order chi connectivity index (χ0) is 16.2. The molecule has 0 bridgehead atoms. The highest BCUT2D eigenvalue weighted by Gasteiger charge is 2.28. The molecule has 3 rings (SSSR count). The van der Waals surface area contributed by atoms with Crippen LogP contribution in [0.25, 0.3) is 10.6 Å². The van der Waals surface area contributed by atoms with E-state index in [2.05, 4.69) is 11.9 Å². The highest BCUT2D eigenvalue weighted by molar-refractivity contribution is 7.13. The fraction of sp³-hybridized carbons (Fsp3) is 0.444. The number of esters is 1. The minimum absolute atomic E-state index is 0.0399. The summed E-state index contributed by atoms with van der Waals surface area (Å²) in [5.41, 5.74) is 1.38. The summed E-state index contributed by atoms with van der Waals surface area (Å²) in [6.07, 6.45) is 3.26. The molecule has 0 amide bonds. The van der Waals surface area contributed by atoms with Gasteiger partial charge < -0.3 is 9.47 Å². The second-order valence-electron chi connectivity index (χ2n) is 5.85. The third kappa shape index (κ3) is 3.72. The minimum Gasteiger partial charge on any atom is -0.494 e. The molecule has 1 saturated carbocycles. The van der Waals surface area contributed by atoms with Gasteiger partial charge in [-0.1, -0.05) is 6.92 Å². The number of thiazole rings is 1. The second-order valence-corrected chi connectivity index (χ2v) is 6.71. The maximum atomic E-state index is 12.2. The zero-order valence-electron chi connectivity index (χ0n) is 13.5. The SMILES string of the molecule is CCOc1ccc(-c2nc(C(=O)OC3CCC[C@H]3C)cs2)cc1. The molecule has 2 aromatic rings. The molecule has 5 heteroatoms. The fourth-order valence-electron chi connectivity index (χ4n) is 2.84. The smallest absolute Gasteiger partial charge is 0.358 e. The van der Waals surface area contributed by atoms with Gasteiger partial charge in [0.1, 0.15) is 16.9 Å². The van der Waals surface area contributed by atoms with E-state index in [9.17, 15) is 4.79 Å². The maximum absolute atomic E-state index is 12.2. The van der Waals surface area contributed by atoms with Crippen molar-refractivity contribution < 1.29 is 14.3 Å². The van der Waals surface area contributed by atoms with Crippen molar-refractivity contribution in [3.63, 3.8) is 0 Å². The van der Waals surface area contributed by atoms with Crippen LogP contribution in [0.2, 0.25) is 0 Å². The molecule has 1 aromatic carbocycles. The van der Waals surface area contributed by atoms with Crippen molar-refractivity contribution in [1.29, 1.82) is 0 Å². The van der Waals surface area contributed by atoms with Gasteiger partial charge >= 0.3 is 5.97 Å². The number of hydrogen-bond acceptors (Lipinski definition) is 5. The molecule has 0 aliphatic heterocycles. The number of nitrogens with zero attached hydrogens (tertiary/aromatic N) is 1. The average Bonchev–Trinajstić information content (AvgIpc) is 3.18. The molecule has 1 aliphatic rings. The van der Waals surface area contributed by atoms with E-state index < -0.39 is 0 Å². The standard InChI is InChI=1S/C18H21NO3S/c1-3-21-14-9-7-13(8-10-14)17-19-15(11-23-17)18(20)22-16-6-4-5-12(16)2/h7-12,16H,3-6H2,1-2H3/t12-,16?/m1/s1. The molecular formula is C18H21NO3S. The van der Waals surface area contributed by atoms with Gasteiger partial charge in [0, 0.05) is 10.9 Å². The lowest BCUT2D eigenvalue weighted by molar-refractivity contribution is 0.0221. The van der Waals surface area contributed by atoms with Gasteiger partial charge in [-0.2, -0.15) is 0 Å². The van der Waals surface area contributed by atoms with Crippen molar-refractivity contribution >= 4 is 17.3 Å². The second kappa shape index (κ2) is 7.13. The summed E-state index contributed by atoms with van der Waals surface area (Å²) < 4.78 is 11.0.